The predicted octanol–water partition coefficient (Wildman–Crippen LogP) is 2.33. The van der Waals surface area contributed by atoms with Crippen LogP contribution in [-0.4, -0.2) is 59.4 Å². The summed E-state index contributed by atoms with van der Waals surface area (Å²) in [4.78, 5) is 15.0. The second-order valence-electron chi connectivity index (χ2n) is 8.22. The Balaban J connectivity index is 0.00000243. The molecule has 1 aromatic heterocycles. The maximum atomic E-state index is 12.5. The Kier molecular flexibility index (Phi) is 7.92. The molecule has 6 nitrogen and oxygen atoms in total. The van der Waals surface area contributed by atoms with E-state index in [1.807, 2.05) is 16.9 Å². The normalized spacial score (nSPS) is 28.2. The summed E-state index contributed by atoms with van der Waals surface area (Å²) in [6, 6.07) is 2.33. The van der Waals surface area contributed by atoms with Crippen molar-refractivity contribution in [3.8, 4) is 0 Å². The van der Waals surface area contributed by atoms with Gasteiger partial charge in [0.1, 0.15) is 5.69 Å². The Morgan fingerprint density at radius 3 is 2.77 bits per heavy atom. The molecule has 3 heterocycles. The zero-order chi connectivity index (χ0) is 17.8. The lowest BCUT2D eigenvalue weighted by molar-refractivity contribution is 0.0899. The Bertz CT molecular complexity index is 562. The number of rotatable bonds is 5. The highest BCUT2D eigenvalue weighted by Gasteiger charge is 2.24. The van der Waals surface area contributed by atoms with Crippen molar-refractivity contribution in [3.63, 3.8) is 0 Å². The van der Waals surface area contributed by atoms with Gasteiger partial charge in [0, 0.05) is 38.4 Å². The minimum atomic E-state index is -0.0619. The first-order valence-corrected chi connectivity index (χ1v) is 9.80. The van der Waals surface area contributed by atoms with Gasteiger partial charge in [-0.05, 0) is 50.6 Å². The molecule has 0 aliphatic carbocycles. The molecule has 0 saturated carbocycles. The number of carbonyl (C=O) groups is 1. The number of amides is 1. The molecular formula is C19H34ClN5O. The van der Waals surface area contributed by atoms with Crippen molar-refractivity contribution in [2.75, 3.05) is 32.7 Å². The highest BCUT2D eigenvalue weighted by atomic mass is 35.5. The van der Waals surface area contributed by atoms with Crippen LogP contribution in [0.5, 0.6) is 0 Å². The van der Waals surface area contributed by atoms with Crippen LogP contribution in [0.3, 0.4) is 0 Å². The van der Waals surface area contributed by atoms with Gasteiger partial charge in [-0.25, -0.2) is 0 Å². The van der Waals surface area contributed by atoms with E-state index in [-0.39, 0.29) is 24.4 Å². The van der Waals surface area contributed by atoms with Gasteiger partial charge >= 0.3 is 0 Å². The van der Waals surface area contributed by atoms with Gasteiger partial charge in [0.2, 0.25) is 0 Å². The summed E-state index contributed by atoms with van der Waals surface area (Å²) in [5, 5.41) is 11.0. The van der Waals surface area contributed by atoms with Crippen LogP contribution in [0.15, 0.2) is 12.3 Å². The third-order valence-electron chi connectivity index (χ3n) is 5.34. The molecule has 1 amide bonds. The van der Waals surface area contributed by atoms with Gasteiger partial charge < -0.3 is 15.5 Å². The van der Waals surface area contributed by atoms with E-state index in [2.05, 4.69) is 41.4 Å². The zero-order valence-electron chi connectivity index (χ0n) is 16.3. The average molecular weight is 384 g/mol. The lowest BCUT2D eigenvalue weighted by Gasteiger charge is -2.36. The number of piperidine rings is 2. The van der Waals surface area contributed by atoms with Gasteiger partial charge in [-0.15, -0.1) is 12.4 Å². The molecule has 4 atom stereocenters. The lowest BCUT2D eigenvalue weighted by atomic mass is 9.92. The fraction of sp³-hybridized carbons (Fsp3) is 0.789. The summed E-state index contributed by atoms with van der Waals surface area (Å²) in [6.07, 6.45) is 5.53. The molecule has 2 N–H and O–H groups in total. The number of aromatic nitrogens is 2. The lowest BCUT2D eigenvalue weighted by Crippen LogP contribution is -2.47. The quantitative estimate of drug-likeness (QED) is 0.819. The van der Waals surface area contributed by atoms with E-state index in [1.165, 1.54) is 6.42 Å². The van der Waals surface area contributed by atoms with E-state index in [4.69, 9.17) is 0 Å². The standard InChI is InChI=1S/C19H33N5O.ClH/c1-14-9-15(2)12-23(11-14)13-16(3)21-19(25)18-6-8-24(22-18)17-5-4-7-20-10-17;/h6,8,14-17,20H,4-5,7,9-13H2,1-3H3,(H,21,25);1H. The van der Waals surface area contributed by atoms with E-state index in [0.717, 1.165) is 57.4 Å². The predicted molar refractivity (Wildman–Crippen MR) is 107 cm³/mol. The minimum absolute atomic E-state index is 0. The Morgan fingerprint density at radius 2 is 2.12 bits per heavy atom. The highest BCUT2D eigenvalue weighted by molar-refractivity contribution is 5.92. The number of hydrogen-bond donors (Lipinski definition) is 2. The Morgan fingerprint density at radius 1 is 1.38 bits per heavy atom. The second-order valence-corrected chi connectivity index (χ2v) is 8.22. The van der Waals surface area contributed by atoms with E-state index < -0.39 is 0 Å². The number of nitrogens with zero attached hydrogens (tertiary/aromatic N) is 3. The van der Waals surface area contributed by atoms with E-state index in [0.29, 0.717) is 11.7 Å². The van der Waals surface area contributed by atoms with Crippen molar-refractivity contribution in [1.29, 1.82) is 0 Å². The van der Waals surface area contributed by atoms with Crippen molar-refractivity contribution in [2.24, 2.45) is 11.8 Å². The monoisotopic (exact) mass is 383 g/mol. The largest absolute Gasteiger partial charge is 0.347 e. The van der Waals surface area contributed by atoms with Crippen LogP contribution in [0.1, 0.15) is 56.6 Å². The van der Waals surface area contributed by atoms with Crippen LogP contribution in [0.2, 0.25) is 0 Å². The van der Waals surface area contributed by atoms with Gasteiger partial charge in [-0.3, -0.25) is 9.48 Å². The SMILES string of the molecule is CC1CC(C)CN(CC(C)NC(=O)c2ccn(C3CCCNC3)n2)C1.Cl. The molecule has 26 heavy (non-hydrogen) atoms. The number of halogens is 1. The zero-order valence-corrected chi connectivity index (χ0v) is 17.1. The maximum Gasteiger partial charge on any atom is 0.272 e. The van der Waals surface area contributed by atoms with E-state index in [1.54, 1.807) is 0 Å². The molecule has 0 spiro atoms. The summed E-state index contributed by atoms with van der Waals surface area (Å²) in [5.74, 6) is 1.42. The third-order valence-corrected chi connectivity index (χ3v) is 5.34. The van der Waals surface area contributed by atoms with Crippen molar-refractivity contribution >= 4 is 18.3 Å². The van der Waals surface area contributed by atoms with Crippen LogP contribution in [0, 0.1) is 11.8 Å². The first-order valence-electron chi connectivity index (χ1n) is 9.80. The number of carbonyl (C=O) groups excluding carboxylic acids is 1. The number of nitrogens with one attached hydrogen (secondary N) is 2. The van der Waals surface area contributed by atoms with Crippen LogP contribution >= 0.6 is 12.4 Å². The molecule has 0 bridgehead atoms. The molecule has 1 aromatic rings. The average Bonchev–Trinajstić information content (AvgIpc) is 3.04. The first kappa shape index (κ1) is 21.2. The molecule has 148 valence electrons. The van der Waals surface area contributed by atoms with Gasteiger partial charge in [-0.2, -0.15) is 5.10 Å². The van der Waals surface area contributed by atoms with Crippen LogP contribution in [-0.2, 0) is 0 Å². The molecular weight excluding hydrogens is 350 g/mol. The van der Waals surface area contributed by atoms with Gasteiger partial charge in [0.25, 0.3) is 5.91 Å². The van der Waals surface area contributed by atoms with Crippen molar-refractivity contribution < 1.29 is 4.79 Å². The van der Waals surface area contributed by atoms with Crippen LogP contribution in [0.25, 0.3) is 0 Å². The van der Waals surface area contributed by atoms with E-state index >= 15 is 0 Å². The molecule has 7 heteroatoms. The minimum Gasteiger partial charge on any atom is -0.347 e. The topological polar surface area (TPSA) is 62.2 Å². The molecule has 3 rings (SSSR count). The third kappa shape index (κ3) is 5.69. The summed E-state index contributed by atoms with van der Waals surface area (Å²) >= 11 is 0. The molecule has 4 unspecified atom stereocenters. The molecule has 2 fully saturated rings. The fourth-order valence-corrected chi connectivity index (χ4v) is 4.39. The van der Waals surface area contributed by atoms with Gasteiger partial charge in [-0.1, -0.05) is 13.8 Å². The molecule has 0 radical (unpaired) electrons. The van der Waals surface area contributed by atoms with Crippen LogP contribution in [0.4, 0.5) is 0 Å². The number of likely N-dealkylation sites (tertiary alicyclic amines) is 1. The van der Waals surface area contributed by atoms with Crippen LogP contribution < -0.4 is 10.6 Å². The summed E-state index contributed by atoms with van der Waals surface area (Å²) in [7, 11) is 0. The fourth-order valence-electron chi connectivity index (χ4n) is 4.39. The first-order chi connectivity index (χ1) is 12.0. The summed E-state index contributed by atoms with van der Waals surface area (Å²) in [5.41, 5.74) is 0.526. The van der Waals surface area contributed by atoms with Crippen molar-refractivity contribution in [1.82, 2.24) is 25.3 Å². The Labute approximate surface area is 163 Å². The van der Waals surface area contributed by atoms with Gasteiger partial charge in [0.15, 0.2) is 0 Å². The summed E-state index contributed by atoms with van der Waals surface area (Å²) < 4.78 is 1.94. The Hall–Kier alpha value is -1.11. The summed E-state index contributed by atoms with van der Waals surface area (Å²) in [6.45, 7) is 11.9. The van der Waals surface area contributed by atoms with Crippen molar-refractivity contribution in [2.45, 2.75) is 52.1 Å². The molecule has 2 saturated heterocycles. The van der Waals surface area contributed by atoms with E-state index in [9.17, 15) is 4.79 Å². The molecule has 2 aliphatic heterocycles. The second kappa shape index (κ2) is 9.72. The number of hydrogen-bond acceptors (Lipinski definition) is 4. The molecule has 0 aromatic carbocycles. The van der Waals surface area contributed by atoms with Gasteiger partial charge in [0.05, 0.1) is 6.04 Å². The maximum absolute atomic E-state index is 12.5. The van der Waals surface area contributed by atoms with Crippen molar-refractivity contribution in [3.05, 3.63) is 18.0 Å². The smallest absolute Gasteiger partial charge is 0.272 e. The molecule has 2 aliphatic rings. The highest BCUT2D eigenvalue weighted by Crippen LogP contribution is 2.21.